The molecule has 1 aromatic carbocycles. The van der Waals surface area contributed by atoms with Gasteiger partial charge in [-0.25, -0.2) is 9.97 Å². The second-order valence-corrected chi connectivity index (χ2v) is 8.45. The van der Waals surface area contributed by atoms with Crippen LogP contribution in [0.5, 0.6) is 0 Å². The number of anilines is 2. The minimum Gasteiger partial charge on any atom is -0.353 e. The molecule has 0 bridgehead atoms. The van der Waals surface area contributed by atoms with E-state index in [0.29, 0.717) is 5.02 Å². The topological polar surface area (TPSA) is 49.6 Å². The number of halogens is 1. The largest absolute Gasteiger partial charge is 0.353 e. The van der Waals surface area contributed by atoms with Crippen LogP contribution in [0.4, 0.5) is 11.6 Å². The number of hydrogen-bond donors (Lipinski definition) is 0. The molecule has 7 heteroatoms. The number of pyridine rings is 1. The van der Waals surface area contributed by atoms with Crippen LogP contribution < -0.4 is 9.80 Å². The lowest BCUT2D eigenvalue weighted by Crippen LogP contribution is -2.47. The van der Waals surface area contributed by atoms with E-state index in [1.807, 2.05) is 55.6 Å². The summed E-state index contributed by atoms with van der Waals surface area (Å²) >= 11 is 6.51. The smallest absolute Gasteiger partial charge is 0.165 e. The van der Waals surface area contributed by atoms with Gasteiger partial charge in [0.1, 0.15) is 11.6 Å². The fraction of sp³-hybridized carbons (Fsp3) is 0.292. The van der Waals surface area contributed by atoms with Gasteiger partial charge < -0.3 is 9.80 Å². The van der Waals surface area contributed by atoms with E-state index in [0.717, 1.165) is 71.7 Å². The molecule has 0 saturated carbocycles. The molecule has 4 heterocycles. The number of aryl methyl sites for hydroxylation is 3. The highest BCUT2D eigenvalue weighted by Gasteiger charge is 2.23. The SMILES string of the molecule is Cc1cccc(N2CCN(c3cc(C)nc4c(-c5ccccc5Cl)c(C)nn34)CC2)n1. The van der Waals surface area contributed by atoms with E-state index in [-0.39, 0.29) is 0 Å². The van der Waals surface area contributed by atoms with Crippen molar-refractivity contribution in [2.45, 2.75) is 20.8 Å². The van der Waals surface area contributed by atoms with Crippen molar-refractivity contribution < 1.29 is 0 Å². The van der Waals surface area contributed by atoms with Crippen molar-refractivity contribution in [1.29, 1.82) is 0 Å². The highest BCUT2D eigenvalue weighted by atomic mass is 35.5. The van der Waals surface area contributed by atoms with E-state index in [2.05, 4.69) is 33.0 Å². The van der Waals surface area contributed by atoms with Crippen LogP contribution in [0.2, 0.25) is 5.02 Å². The zero-order valence-electron chi connectivity index (χ0n) is 18.0. The first-order valence-corrected chi connectivity index (χ1v) is 10.9. The maximum Gasteiger partial charge on any atom is 0.165 e. The van der Waals surface area contributed by atoms with E-state index in [9.17, 15) is 0 Å². The Morgan fingerprint density at radius 3 is 2.29 bits per heavy atom. The summed E-state index contributed by atoms with van der Waals surface area (Å²) in [5, 5.41) is 5.58. The standard InChI is InChI=1S/C24H25ClN6/c1-16-7-6-10-21(26-16)29-11-13-30(14-12-29)22-15-17(2)27-24-23(18(3)28-31(22)24)19-8-4-5-9-20(19)25/h4-10,15H,11-14H2,1-3H3. The third-order valence-corrected chi connectivity index (χ3v) is 6.15. The van der Waals surface area contributed by atoms with Crippen LogP contribution in [0, 0.1) is 20.8 Å². The van der Waals surface area contributed by atoms with E-state index in [1.54, 1.807) is 0 Å². The highest BCUT2D eigenvalue weighted by molar-refractivity contribution is 6.33. The average molecular weight is 433 g/mol. The van der Waals surface area contributed by atoms with Crippen molar-refractivity contribution in [2.24, 2.45) is 0 Å². The average Bonchev–Trinajstić information content (AvgIpc) is 3.09. The van der Waals surface area contributed by atoms with Gasteiger partial charge in [-0.15, -0.1) is 0 Å². The number of piperazine rings is 1. The lowest BCUT2D eigenvalue weighted by Gasteiger charge is -2.36. The molecule has 0 unspecified atom stereocenters. The Labute approximate surface area is 187 Å². The molecule has 0 N–H and O–H groups in total. The summed E-state index contributed by atoms with van der Waals surface area (Å²) in [6, 6.07) is 16.2. The maximum atomic E-state index is 6.51. The van der Waals surface area contributed by atoms with Crippen molar-refractivity contribution in [3.8, 4) is 11.1 Å². The van der Waals surface area contributed by atoms with Gasteiger partial charge in [-0.05, 0) is 39.0 Å². The van der Waals surface area contributed by atoms with Gasteiger partial charge in [0.05, 0.1) is 11.3 Å². The Balaban J connectivity index is 1.50. The molecule has 0 amide bonds. The first kappa shape index (κ1) is 19.8. The van der Waals surface area contributed by atoms with Gasteiger partial charge in [0.25, 0.3) is 0 Å². The van der Waals surface area contributed by atoms with Crippen molar-refractivity contribution in [2.75, 3.05) is 36.0 Å². The molecular formula is C24H25ClN6. The molecule has 0 radical (unpaired) electrons. The fourth-order valence-corrected chi connectivity index (χ4v) is 4.53. The summed E-state index contributed by atoms with van der Waals surface area (Å²) in [6.45, 7) is 9.71. The van der Waals surface area contributed by atoms with Crippen molar-refractivity contribution in [3.05, 3.63) is 70.6 Å². The molecule has 158 valence electrons. The minimum atomic E-state index is 0.713. The predicted molar refractivity (Wildman–Crippen MR) is 126 cm³/mol. The third-order valence-electron chi connectivity index (χ3n) is 5.82. The van der Waals surface area contributed by atoms with Crippen molar-refractivity contribution in [3.63, 3.8) is 0 Å². The van der Waals surface area contributed by atoms with Crippen LogP contribution in [-0.2, 0) is 0 Å². The Morgan fingerprint density at radius 2 is 1.55 bits per heavy atom. The highest BCUT2D eigenvalue weighted by Crippen LogP contribution is 2.34. The molecular weight excluding hydrogens is 408 g/mol. The lowest BCUT2D eigenvalue weighted by atomic mass is 10.1. The molecule has 5 rings (SSSR count). The second kappa shape index (κ2) is 7.85. The molecule has 31 heavy (non-hydrogen) atoms. The van der Waals surface area contributed by atoms with Gasteiger partial charge >= 0.3 is 0 Å². The normalized spacial score (nSPS) is 14.5. The molecule has 6 nitrogen and oxygen atoms in total. The van der Waals surface area contributed by atoms with Crippen LogP contribution in [0.15, 0.2) is 48.5 Å². The van der Waals surface area contributed by atoms with E-state index in [4.69, 9.17) is 21.7 Å². The molecule has 1 saturated heterocycles. The summed E-state index contributed by atoms with van der Waals surface area (Å²) in [5.41, 5.74) is 5.76. The second-order valence-electron chi connectivity index (χ2n) is 8.04. The number of aromatic nitrogens is 4. The maximum absolute atomic E-state index is 6.51. The van der Waals surface area contributed by atoms with E-state index < -0.39 is 0 Å². The van der Waals surface area contributed by atoms with E-state index in [1.165, 1.54) is 0 Å². The first-order valence-electron chi connectivity index (χ1n) is 10.6. The van der Waals surface area contributed by atoms with Crippen molar-refractivity contribution in [1.82, 2.24) is 19.6 Å². The van der Waals surface area contributed by atoms with Gasteiger partial charge in [-0.1, -0.05) is 35.9 Å². The van der Waals surface area contributed by atoms with Gasteiger partial charge in [0.15, 0.2) is 5.65 Å². The molecule has 0 spiro atoms. The minimum absolute atomic E-state index is 0.713. The summed E-state index contributed by atoms with van der Waals surface area (Å²) in [7, 11) is 0. The fourth-order valence-electron chi connectivity index (χ4n) is 4.30. The Hall–Kier alpha value is -3.12. The Kier molecular flexibility index (Phi) is 5.02. The third kappa shape index (κ3) is 3.61. The molecule has 3 aromatic heterocycles. The molecule has 1 aliphatic rings. The van der Waals surface area contributed by atoms with Gasteiger partial charge in [0, 0.05) is 54.2 Å². The van der Waals surface area contributed by atoms with Crippen LogP contribution in [0.1, 0.15) is 17.1 Å². The van der Waals surface area contributed by atoms with Crippen LogP contribution in [-0.4, -0.2) is 45.8 Å². The zero-order chi connectivity index (χ0) is 21.5. The van der Waals surface area contributed by atoms with Gasteiger partial charge in [-0.2, -0.15) is 9.61 Å². The molecule has 0 aliphatic carbocycles. The molecule has 0 atom stereocenters. The van der Waals surface area contributed by atoms with Crippen LogP contribution in [0.3, 0.4) is 0 Å². The Morgan fingerprint density at radius 1 is 0.806 bits per heavy atom. The summed E-state index contributed by atoms with van der Waals surface area (Å²) in [4.78, 5) is 14.3. The monoisotopic (exact) mass is 432 g/mol. The molecule has 1 fully saturated rings. The summed E-state index contributed by atoms with van der Waals surface area (Å²) in [5.74, 6) is 2.12. The van der Waals surface area contributed by atoms with Gasteiger partial charge in [0.2, 0.25) is 0 Å². The molecule has 4 aromatic rings. The summed E-state index contributed by atoms with van der Waals surface area (Å²) in [6.07, 6.45) is 0. The number of rotatable bonds is 3. The Bertz CT molecular complexity index is 1260. The zero-order valence-corrected chi connectivity index (χ0v) is 18.8. The number of hydrogen-bond acceptors (Lipinski definition) is 5. The number of fused-ring (bicyclic) bond motifs is 1. The quantitative estimate of drug-likeness (QED) is 0.469. The number of benzene rings is 1. The molecule has 1 aliphatic heterocycles. The van der Waals surface area contributed by atoms with Crippen molar-refractivity contribution >= 4 is 28.9 Å². The summed E-state index contributed by atoms with van der Waals surface area (Å²) < 4.78 is 1.97. The number of nitrogens with zero attached hydrogens (tertiary/aromatic N) is 6. The van der Waals surface area contributed by atoms with Gasteiger partial charge in [-0.3, -0.25) is 0 Å². The van der Waals surface area contributed by atoms with E-state index >= 15 is 0 Å². The predicted octanol–water partition coefficient (Wildman–Crippen LogP) is 4.70. The lowest BCUT2D eigenvalue weighted by molar-refractivity contribution is 0.632. The first-order chi connectivity index (χ1) is 15.0. The van der Waals surface area contributed by atoms with Crippen LogP contribution >= 0.6 is 11.6 Å². The van der Waals surface area contributed by atoms with Crippen LogP contribution in [0.25, 0.3) is 16.8 Å².